The number of hydrogen-bond acceptors (Lipinski definition) is 12. The molecule has 0 amide bonds. The van der Waals surface area contributed by atoms with E-state index < -0.39 is 89.9 Å². The van der Waals surface area contributed by atoms with Gasteiger partial charge in [-0.25, -0.2) is 0 Å². The van der Waals surface area contributed by atoms with E-state index in [-0.39, 0.29) is 40.5 Å². The SMILES string of the molecule is COc1cccc2c1C(=O)C1=C(C2=O)C(O)C2(C)CC(O)(C(=O)CO)CC(OC3CC(N4C=CCC4)C(O)C(C)O3)C2=C1O. The number of hydrogen-bond donors (Lipinski definition) is 5. The number of nitrogens with zero attached hydrogens (tertiary/aromatic N) is 1. The number of ketones is 3. The first-order chi connectivity index (χ1) is 20.9. The van der Waals surface area contributed by atoms with E-state index in [1.54, 1.807) is 6.92 Å². The summed E-state index contributed by atoms with van der Waals surface area (Å²) in [5.74, 6) is -2.82. The molecule has 6 rings (SSSR count). The minimum Gasteiger partial charge on any atom is -0.507 e. The second-order valence-corrected chi connectivity index (χ2v) is 12.5. The Hall–Kier alpha value is -3.39. The molecule has 0 aromatic heterocycles. The maximum Gasteiger partial charge on any atom is 0.201 e. The monoisotopic (exact) mass is 611 g/mol. The molecule has 12 heteroatoms. The van der Waals surface area contributed by atoms with Gasteiger partial charge in [-0.05, 0) is 32.0 Å². The molecule has 5 aliphatic rings. The second-order valence-electron chi connectivity index (χ2n) is 12.5. The predicted octanol–water partition coefficient (Wildman–Crippen LogP) is 1.12. The average molecular weight is 612 g/mol. The largest absolute Gasteiger partial charge is 0.507 e. The molecular weight excluding hydrogens is 574 g/mol. The summed E-state index contributed by atoms with van der Waals surface area (Å²) < 4.78 is 17.7. The van der Waals surface area contributed by atoms with Crippen LogP contribution < -0.4 is 4.74 Å². The molecule has 1 aromatic rings. The van der Waals surface area contributed by atoms with Crippen LogP contribution >= 0.6 is 0 Å². The van der Waals surface area contributed by atoms with Gasteiger partial charge in [-0.15, -0.1) is 0 Å². The van der Waals surface area contributed by atoms with E-state index in [0.29, 0.717) is 6.54 Å². The predicted molar refractivity (Wildman–Crippen MR) is 153 cm³/mol. The van der Waals surface area contributed by atoms with E-state index in [1.165, 1.54) is 32.2 Å². The van der Waals surface area contributed by atoms with Gasteiger partial charge in [-0.2, -0.15) is 0 Å². The van der Waals surface area contributed by atoms with E-state index in [1.807, 2.05) is 17.2 Å². The Labute approximate surface area is 253 Å². The van der Waals surface area contributed by atoms with E-state index in [4.69, 9.17) is 14.2 Å². The van der Waals surface area contributed by atoms with Crippen LogP contribution in [0.5, 0.6) is 5.75 Å². The van der Waals surface area contributed by atoms with Crippen molar-refractivity contribution in [1.29, 1.82) is 0 Å². The van der Waals surface area contributed by atoms with Gasteiger partial charge in [-0.3, -0.25) is 14.4 Å². The summed E-state index contributed by atoms with van der Waals surface area (Å²) in [7, 11) is 1.35. The van der Waals surface area contributed by atoms with Crippen LogP contribution in [0, 0.1) is 5.41 Å². The smallest absolute Gasteiger partial charge is 0.201 e. The van der Waals surface area contributed by atoms with Crippen LogP contribution in [0.3, 0.4) is 0 Å². The Balaban J connectivity index is 1.46. The summed E-state index contributed by atoms with van der Waals surface area (Å²) >= 11 is 0. The van der Waals surface area contributed by atoms with E-state index >= 15 is 0 Å². The third-order valence-electron chi connectivity index (χ3n) is 9.88. The van der Waals surface area contributed by atoms with Crippen molar-refractivity contribution in [1.82, 2.24) is 4.90 Å². The van der Waals surface area contributed by atoms with Crippen LogP contribution in [-0.4, -0.2) is 110 Å². The average Bonchev–Trinajstić information content (AvgIpc) is 3.53. The maximum atomic E-state index is 13.9. The fourth-order valence-corrected chi connectivity index (χ4v) is 7.69. The zero-order chi connectivity index (χ0) is 31.7. The van der Waals surface area contributed by atoms with Gasteiger partial charge in [0, 0.05) is 41.5 Å². The van der Waals surface area contributed by atoms with Crippen LogP contribution in [0.1, 0.15) is 60.2 Å². The van der Waals surface area contributed by atoms with Crippen molar-refractivity contribution in [2.45, 2.75) is 81.9 Å². The Morgan fingerprint density at radius 1 is 1.20 bits per heavy atom. The molecule has 12 nitrogen and oxygen atoms in total. The highest BCUT2D eigenvalue weighted by Crippen LogP contribution is 2.57. The molecule has 1 saturated heterocycles. The summed E-state index contributed by atoms with van der Waals surface area (Å²) in [6.45, 7) is 2.87. The molecule has 8 unspecified atom stereocenters. The fraction of sp³-hybridized carbons (Fsp3) is 0.531. The highest BCUT2D eigenvalue weighted by molar-refractivity contribution is 6.30. The van der Waals surface area contributed by atoms with Gasteiger partial charge < -0.3 is 44.6 Å². The zero-order valence-electron chi connectivity index (χ0n) is 24.7. The molecule has 0 spiro atoms. The van der Waals surface area contributed by atoms with Crippen LogP contribution in [0.15, 0.2) is 53.0 Å². The van der Waals surface area contributed by atoms with Crippen LogP contribution in [0.2, 0.25) is 0 Å². The number of methoxy groups -OCH3 is 1. The van der Waals surface area contributed by atoms with Crippen LogP contribution in [-0.2, 0) is 14.3 Å². The van der Waals surface area contributed by atoms with E-state index in [9.17, 15) is 39.9 Å². The highest BCUT2D eigenvalue weighted by Gasteiger charge is 2.61. The van der Waals surface area contributed by atoms with Gasteiger partial charge >= 0.3 is 0 Å². The molecule has 3 aliphatic carbocycles. The van der Waals surface area contributed by atoms with Gasteiger partial charge in [0.05, 0.1) is 42.6 Å². The molecule has 5 N–H and O–H groups in total. The number of allylic oxidation sites excluding steroid dienone is 1. The molecule has 236 valence electrons. The maximum absolute atomic E-state index is 13.9. The van der Waals surface area contributed by atoms with Crippen molar-refractivity contribution in [2.24, 2.45) is 5.41 Å². The first kappa shape index (κ1) is 30.6. The molecule has 1 saturated carbocycles. The Morgan fingerprint density at radius 3 is 2.61 bits per heavy atom. The summed E-state index contributed by atoms with van der Waals surface area (Å²) in [6.07, 6.45) is -1.49. The van der Waals surface area contributed by atoms with Gasteiger partial charge in [0.1, 0.15) is 29.8 Å². The number of carbonyl (C=O) groups is 3. The van der Waals surface area contributed by atoms with Crippen molar-refractivity contribution in [3.63, 3.8) is 0 Å². The lowest BCUT2D eigenvalue weighted by molar-refractivity contribution is -0.255. The first-order valence-corrected chi connectivity index (χ1v) is 14.8. The minimum absolute atomic E-state index is 0.0116. The summed E-state index contributed by atoms with van der Waals surface area (Å²) in [4.78, 5) is 42.7. The molecule has 2 fully saturated rings. The van der Waals surface area contributed by atoms with Crippen molar-refractivity contribution >= 4 is 17.3 Å². The normalized spacial score (nSPS) is 36.8. The summed E-state index contributed by atoms with van der Waals surface area (Å²) in [5, 5.41) is 56.0. The van der Waals surface area contributed by atoms with E-state index in [2.05, 4.69) is 0 Å². The molecule has 0 bridgehead atoms. The van der Waals surface area contributed by atoms with Gasteiger partial charge in [0.2, 0.25) is 5.78 Å². The Kier molecular flexibility index (Phi) is 7.59. The summed E-state index contributed by atoms with van der Waals surface area (Å²) in [5.41, 5.74) is -4.67. The number of aliphatic hydroxyl groups excluding tert-OH is 4. The number of aliphatic hydroxyl groups is 5. The van der Waals surface area contributed by atoms with Crippen molar-refractivity contribution in [2.75, 3.05) is 20.3 Å². The molecule has 1 aromatic carbocycles. The number of benzene rings is 1. The Morgan fingerprint density at radius 2 is 1.95 bits per heavy atom. The molecule has 2 aliphatic heterocycles. The summed E-state index contributed by atoms with van der Waals surface area (Å²) in [6, 6.07) is 4.10. The number of Topliss-reactive ketones (excluding diaryl/α,β-unsaturated/α-hetero) is 3. The number of ether oxygens (including phenoxy) is 3. The second kappa shape index (κ2) is 10.9. The lowest BCUT2D eigenvalue weighted by atomic mass is 9.55. The van der Waals surface area contributed by atoms with Gasteiger partial charge in [-0.1, -0.05) is 25.1 Å². The van der Waals surface area contributed by atoms with Crippen molar-refractivity contribution < 1.29 is 54.1 Å². The van der Waals surface area contributed by atoms with Crippen LogP contribution in [0.25, 0.3) is 0 Å². The number of carbonyl (C=O) groups excluding carboxylic acids is 3. The van der Waals surface area contributed by atoms with Crippen molar-refractivity contribution in [3.8, 4) is 5.75 Å². The third-order valence-corrected chi connectivity index (χ3v) is 9.88. The van der Waals surface area contributed by atoms with E-state index in [0.717, 1.165) is 6.42 Å². The number of fused-ring (bicyclic) bond motifs is 2. The van der Waals surface area contributed by atoms with Gasteiger partial charge in [0.25, 0.3) is 0 Å². The fourth-order valence-electron chi connectivity index (χ4n) is 7.69. The Bertz CT molecular complexity index is 1510. The third kappa shape index (κ3) is 4.46. The van der Waals surface area contributed by atoms with Crippen molar-refractivity contribution in [3.05, 3.63) is 64.1 Å². The first-order valence-electron chi connectivity index (χ1n) is 14.8. The molecule has 2 heterocycles. The van der Waals surface area contributed by atoms with Gasteiger partial charge in [0.15, 0.2) is 17.9 Å². The molecule has 0 radical (unpaired) electrons. The quantitative estimate of drug-likeness (QED) is 0.310. The highest BCUT2D eigenvalue weighted by atomic mass is 16.7. The molecule has 8 atom stereocenters. The number of rotatable bonds is 6. The lowest BCUT2D eigenvalue weighted by Gasteiger charge is -2.53. The lowest BCUT2D eigenvalue weighted by Crippen LogP contribution is -2.60. The minimum atomic E-state index is -2.21. The standard InChI is InChI=1S/C32H37NO11/c1-15-26(36)17(33-9-4-5-10-33)11-21(43-15)44-19-12-32(41,20(35)13-34)14-31(2)25(19)29(39)23-24(30(31)40)27(37)16-7-6-8-18(42-3)22(16)28(23)38/h4,6-9,15,17,19,21,26,30,34,36,39-41H,5,10-14H2,1-3H3. The molecular formula is C32H37NO11. The zero-order valence-corrected chi connectivity index (χ0v) is 24.7. The molecule has 44 heavy (non-hydrogen) atoms. The van der Waals surface area contributed by atoms with Crippen LogP contribution in [0.4, 0.5) is 0 Å². The topological polar surface area (TPSA) is 183 Å².